The van der Waals surface area contributed by atoms with E-state index in [1.165, 1.54) is 0 Å². The molecule has 0 aromatic rings. The van der Waals surface area contributed by atoms with Gasteiger partial charge in [0.25, 0.3) is 0 Å². The molecule has 0 aromatic heterocycles. The molecule has 0 unspecified atom stereocenters. The largest absolute Gasteiger partial charge is 0.396 e. The van der Waals surface area contributed by atoms with E-state index in [1.807, 2.05) is 0 Å². The van der Waals surface area contributed by atoms with Crippen LogP contribution < -0.4 is 5.32 Å². The Kier molecular flexibility index (Phi) is 4.46. The molecule has 0 saturated carbocycles. The molecule has 0 spiro atoms. The molecule has 0 heterocycles. The van der Waals surface area contributed by atoms with E-state index in [0.29, 0.717) is 0 Å². The second kappa shape index (κ2) is 4.85. The molecule has 3 N–H and O–H groups in total. The highest BCUT2D eigenvalue weighted by Gasteiger charge is 2.32. The van der Waals surface area contributed by atoms with Crippen molar-refractivity contribution in [1.29, 1.82) is 0 Å². The molecule has 13 heavy (non-hydrogen) atoms. The number of terminal acetylenes is 1. The van der Waals surface area contributed by atoms with Crippen molar-refractivity contribution in [2.45, 2.75) is 20.0 Å². The minimum atomic E-state index is -1.24. The fourth-order valence-corrected chi connectivity index (χ4v) is 0.676. The highest BCUT2D eigenvalue weighted by molar-refractivity contribution is 5.81. The van der Waals surface area contributed by atoms with Crippen molar-refractivity contribution in [2.75, 3.05) is 13.2 Å². The van der Waals surface area contributed by atoms with Gasteiger partial charge in [-0.1, -0.05) is 19.8 Å². The average Bonchev–Trinajstić information content (AvgIpc) is 2.12. The fraction of sp³-hybridized carbons (Fsp3) is 0.667. The molecule has 0 fully saturated rings. The number of amides is 1. The number of rotatable bonds is 4. The maximum absolute atomic E-state index is 11.1. The van der Waals surface area contributed by atoms with E-state index >= 15 is 0 Å². The zero-order valence-corrected chi connectivity index (χ0v) is 7.87. The van der Waals surface area contributed by atoms with E-state index < -0.39 is 17.4 Å². The lowest BCUT2D eigenvalue weighted by Crippen LogP contribution is -2.45. The van der Waals surface area contributed by atoms with Crippen LogP contribution >= 0.6 is 0 Å². The zero-order chi connectivity index (χ0) is 10.5. The first-order valence-corrected chi connectivity index (χ1v) is 3.96. The maximum atomic E-state index is 11.1. The Morgan fingerprint density at radius 3 is 2.62 bits per heavy atom. The Morgan fingerprint density at radius 1 is 1.69 bits per heavy atom. The van der Waals surface area contributed by atoms with Gasteiger partial charge in [-0.05, 0) is 0 Å². The molecule has 1 atom stereocenters. The Bertz CT molecular complexity index is 217. The quantitative estimate of drug-likeness (QED) is 0.498. The van der Waals surface area contributed by atoms with E-state index in [1.54, 1.807) is 13.8 Å². The van der Waals surface area contributed by atoms with Gasteiger partial charge in [0, 0.05) is 5.41 Å². The summed E-state index contributed by atoms with van der Waals surface area (Å²) in [6.07, 6.45) is 3.68. The first kappa shape index (κ1) is 11.9. The average molecular weight is 185 g/mol. The normalized spacial score (nSPS) is 13.2. The van der Waals surface area contributed by atoms with E-state index in [4.69, 9.17) is 11.5 Å². The molecule has 4 nitrogen and oxygen atoms in total. The number of hydrogen-bond donors (Lipinski definition) is 3. The third-order valence-electron chi connectivity index (χ3n) is 1.76. The van der Waals surface area contributed by atoms with Crippen LogP contribution in [0.1, 0.15) is 13.8 Å². The Labute approximate surface area is 78.0 Å². The van der Waals surface area contributed by atoms with Crippen LogP contribution in [-0.4, -0.2) is 35.4 Å². The van der Waals surface area contributed by atoms with Gasteiger partial charge in [-0.25, -0.2) is 0 Å². The smallest absolute Gasteiger partial charge is 0.250 e. The lowest BCUT2D eigenvalue weighted by Gasteiger charge is -2.26. The first-order valence-electron chi connectivity index (χ1n) is 3.96. The van der Waals surface area contributed by atoms with Crippen LogP contribution in [0.4, 0.5) is 0 Å². The summed E-state index contributed by atoms with van der Waals surface area (Å²) in [4.78, 5) is 11.1. The van der Waals surface area contributed by atoms with Gasteiger partial charge >= 0.3 is 0 Å². The third-order valence-corrected chi connectivity index (χ3v) is 1.76. The highest BCUT2D eigenvalue weighted by Crippen LogP contribution is 2.19. The summed E-state index contributed by atoms with van der Waals surface area (Å²) in [7, 11) is 0. The standard InChI is InChI=1S/C9H15NO3/c1-4-5-10-8(13)7(12)9(2,3)6-11/h1,7,11-12H,5-6H2,2-3H3,(H,10,13)/t7-/m0/s1. The summed E-state index contributed by atoms with van der Waals surface area (Å²) in [6.45, 7) is 3.00. The van der Waals surface area contributed by atoms with E-state index in [-0.39, 0.29) is 13.2 Å². The first-order chi connectivity index (χ1) is 5.95. The Morgan fingerprint density at radius 2 is 2.23 bits per heavy atom. The summed E-state index contributed by atoms with van der Waals surface area (Å²) in [6, 6.07) is 0. The second-order valence-electron chi connectivity index (χ2n) is 3.47. The Balaban J connectivity index is 4.18. The van der Waals surface area contributed by atoms with Crippen molar-refractivity contribution in [1.82, 2.24) is 5.32 Å². The second-order valence-corrected chi connectivity index (χ2v) is 3.47. The molecule has 1 amide bonds. The molecule has 0 aliphatic heterocycles. The molecule has 0 radical (unpaired) electrons. The molecular formula is C9H15NO3. The van der Waals surface area contributed by atoms with Crippen molar-refractivity contribution in [3.63, 3.8) is 0 Å². The summed E-state index contributed by atoms with van der Waals surface area (Å²) >= 11 is 0. The van der Waals surface area contributed by atoms with Gasteiger partial charge < -0.3 is 15.5 Å². The van der Waals surface area contributed by atoms with Crippen molar-refractivity contribution in [2.24, 2.45) is 5.41 Å². The molecule has 4 heteroatoms. The van der Waals surface area contributed by atoms with E-state index in [2.05, 4.69) is 11.2 Å². The topological polar surface area (TPSA) is 69.6 Å². The highest BCUT2D eigenvalue weighted by atomic mass is 16.3. The predicted molar refractivity (Wildman–Crippen MR) is 48.7 cm³/mol. The van der Waals surface area contributed by atoms with Gasteiger partial charge in [-0.15, -0.1) is 6.42 Å². The summed E-state index contributed by atoms with van der Waals surface area (Å²) in [5.74, 6) is 1.66. The minimum Gasteiger partial charge on any atom is -0.396 e. The van der Waals surface area contributed by atoms with Gasteiger partial charge in [-0.2, -0.15) is 0 Å². The van der Waals surface area contributed by atoms with E-state index in [0.717, 1.165) is 0 Å². The van der Waals surface area contributed by atoms with Crippen LogP contribution in [0, 0.1) is 17.8 Å². The van der Waals surface area contributed by atoms with Crippen LogP contribution in [0.2, 0.25) is 0 Å². The van der Waals surface area contributed by atoms with Gasteiger partial charge in [0.2, 0.25) is 5.91 Å². The number of aliphatic hydroxyl groups excluding tert-OH is 2. The van der Waals surface area contributed by atoms with Gasteiger partial charge in [0.1, 0.15) is 6.10 Å². The number of nitrogens with one attached hydrogen (secondary N) is 1. The molecule has 74 valence electrons. The van der Waals surface area contributed by atoms with Gasteiger partial charge in [0.05, 0.1) is 13.2 Å². The third kappa shape index (κ3) is 3.45. The summed E-state index contributed by atoms with van der Waals surface area (Å²) in [5.41, 5.74) is -0.849. The van der Waals surface area contributed by atoms with Crippen LogP contribution in [0.25, 0.3) is 0 Å². The SMILES string of the molecule is C#CCNC(=O)[C@H](O)C(C)(C)CO. The van der Waals surface area contributed by atoms with Crippen LogP contribution in [0.15, 0.2) is 0 Å². The van der Waals surface area contributed by atoms with Crippen molar-refractivity contribution in [3.8, 4) is 12.3 Å². The molecule has 0 rings (SSSR count). The van der Waals surface area contributed by atoms with Crippen molar-refractivity contribution < 1.29 is 15.0 Å². The molecule has 0 saturated heterocycles. The number of hydrogen-bond acceptors (Lipinski definition) is 3. The maximum Gasteiger partial charge on any atom is 0.250 e. The summed E-state index contributed by atoms with van der Waals surface area (Å²) < 4.78 is 0. The van der Waals surface area contributed by atoms with Crippen molar-refractivity contribution >= 4 is 5.91 Å². The zero-order valence-electron chi connectivity index (χ0n) is 7.87. The molecule has 0 aliphatic carbocycles. The van der Waals surface area contributed by atoms with E-state index in [9.17, 15) is 9.90 Å². The van der Waals surface area contributed by atoms with Gasteiger partial charge in [0.15, 0.2) is 0 Å². The minimum absolute atomic E-state index is 0.0808. The predicted octanol–water partition coefficient (Wildman–Crippen LogP) is -0.885. The molecule has 0 bridgehead atoms. The van der Waals surface area contributed by atoms with Crippen LogP contribution in [0.3, 0.4) is 0 Å². The number of carbonyl (C=O) groups excluding carboxylic acids is 1. The Hall–Kier alpha value is -1.05. The molecule has 0 aliphatic rings. The number of carbonyl (C=O) groups is 1. The fourth-order valence-electron chi connectivity index (χ4n) is 0.676. The molecular weight excluding hydrogens is 170 g/mol. The van der Waals surface area contributed by atoms with Crippen molar-refractivity contribution in [3.05, 3.63) is 0 Å². The monoisotopic (exact) mass is 185 g/mol. The van der Waals surface area contributed by atoms with Crippen LogP contribution in [0.5, 0.6) is 0 Å². The van der Waals surface area contributed by atoms with Gasteiger partial charge in [-0.3, -0.25) is 4.79 Å². The summed E-state index contributed by atoms with van der Waals surface area (Å²) in [5, 5.41) is 20.6. The molecule has 0 aromatic carbocycles. The van der Waals surface area contributed by atoms with Crippen LogP contribution in [-0.2, 0) is 4.79 Å². The lowest BCUT2D eigenvalue weighted by atomic mass is 9.87. The lowest BCUT2D eigenvalue weighted by molar-refractivity contribution is -0.136. The number of aliphatic hydroxyl groups is 2.